The maximum absolute atomic E-state index is 11.8. The van der Waals surface area contributed by atoms with Gasteiger partial charge in [-0.2, -0.15) is 5.10 Å². The number of rotatable bonds is 5. The number of aromatic nitrogens is 2. The third-order valence-corrected chi connectivity index (χ3v) is 2.77. The number of hydrogen-bond acceptors (Lipinski definition) is 3. The van der Waals surface area contributed by atoms with E-state index < -0.39 is 0 Å². The van der Waals surface area contributed by atoms with E-state index in [-0.39, 0.29) is 5.41 Å². The summed E-state index contributed by atoms with van der Waals surface area (Å²) in [5.74, 6) is 0.315. The van der Waals surface area contributed by atoms with Crippen molar-refractivity contribution in [3.63, 3.8) is 0 Å². The Bertz CT molecular complexity index is 376. The molecule has 0 atom stereocenters. The summed E-state index contributed by atoms with van der Waals surface area (Å²) in [6, 6.07) is 0. The largest absolute Gasteiger partial charge is 0.302 e. The fraction of sp³-hybridized carbons (Fsp3) is 0.692. The van der Waals surface area contributed by atoms with Crippen molar-refractivity contribution in [2.45, 2.75) is 33.7 Å². The Morgan fingerprint density at radius 3 is 2.59 bits per heavy atom. The topological polar surface area (TPSA) is 38.1 Å². The summed E-state index contributed by atoms with van der Waals surface area (Å²) >= 11 is 0. The second kappa shape index (κ2) is 5.45. The van der Waals surface area contributed by atoms with Crippen LogP contribution in [0.25, 0.3) is 0 Å². The van der Waals surface area contributed by atoms with Gasteiger partial charge in [-0.1, -0.05) is 20.8 Å². The van der Waals surface area contributed by atoms with Crippen LogP contribution in [0, 0.1) is 5.41 Å². The van der Waals surface area contributed by atoms with Crippen molar-refractivity contribution < 1.29 is 4.79 Å². The first kappa shape index (κ1) is 13.9. The molecule has 0 saturated carbocycles. The summed E-state index contributed by atoms with van der Waals surface area (Å²) in [6.07, 6.45) is 4.48. The predicted octanol–water partition coefficient (Wildman–Crippen LogP) is 1.86. The molecule has 1 aromatic heterocycles. The second-order valence-corrected chi connectivity index (χ2v) is 5.68. The van der Waals surface area contributed by atoms with Crippen LogP contribution in [0.5, 0.6) is 0 Å². The van der Waals surface area contributed by atoms with Gasteiger partial charge >= 0.3 is 0 Å². The van der Waals surface area contributed by atoms with Crippen molar-refractivity contribution in [2.24, 2.45) is 12.5 Å². The first-order valence-corrected chi connectivity index (χ1v) is 5.98. The van der Waals surface area contributed by atoms with E-state index in [1.807, 2.05) is 47.3 Å². The van der Waals surface area contributed by atoms with Gasteiger partial charge < -0.3 is 4.90 Å². The number of ketones is 1. The molecule has 4 heteroatoms. The lowest BCUT2D eigenvalue weighted by Crippen LogP contribution is -2.26. The van der Waals surface area contributed by atoms with Crippen LogP contribution in [0.2, 0.25) is 0 Å². The lowest BCUT2D eigenvalue weighted by Gasteiger charge is -2.20. The number of carbonyl (C=O) groups excluding carboxylic acids is 1. The Labute approximate surface area is 104 Å². The van der Waals surface area contributed by atoms with Crippen molar-refractivity contribution in [1.29, 1.82) is 0 Å². The molecule has 0 radical (unpaired) electrons. The summed E-state index contributed by atoms with van der Waals surface area (Å²) in [6.45, 7) is 7.54. The smallest absolute Gasteiger partial charge is 0.139 e. The molecule has 0 bridgehead atoms. The van der Waals surface area contributed by atoms with E-state index in [9.17, 15) is 4.79 Å². The molecule has 0 amide bonds. The van der Waals surface area contributed by atoms with Gasteiger partial charge in [-0.3, -0.25) is 9.48 Å². The van der Waals surface area contributed by atoms with Crippen LogP contribution in [0.3, 0.4) is 0 Å². The summed E-state index contributed by atoms with van der Waals surface area (Å²) in [5.41, 5.74) is 0.952. The summed E-state index contributed by atoms with van der Waals surface area (Å²) in [5, 5.41) is 4.13. The van der Waals surface area contributed by atoms with Gasteiger partial charge in [0, 0.05) is 43.7 Å². The monoisotopic (exact) mass is 237 g/mol. The van der Waals surface area contributed by atoms with Crippen molar-refractivity contribution in [3.05, 3.63) is 18.0 Å². The van der Waals surface area contributed by atoms with Crippen LogP contribution in [0.1, 0.15) is 32.8 Å². The average Bonchev–Trinajstić information content (AvgIpc) is 2.58. The highest BCUT2D eigenvalue weighted by Gasteiger charge is 2.20. The highest BCUT2D eigenvalue weighted by Crippen LogP contribution is 2.16. The number of nitrogens with zero attached hydrogens (tertiary/aromatic N) is 3. The van der Waals surface area contributed by atoms with E-state index in [1.165, 1.54) is 5.56 Å². The fourth-order valence-corrected chi connectivity index (χ4v) is 1.61. The normalized spacial score (nSPS) is 12.1. The van der Waals surface area contributed by atoms with Gasteiger partial charge in [0.25, 0.3) is 0 Å². The van der Waals surface area contributed by atoms with Gasteiger partial charge in [0.05, 0.1) is 6.20 Å². The zero-order chi connectivity index (χ0) is 13.1. The van der Waals surface area contributed by atoms with Crippen LogP contribution in [-0.2, 0) is 18.4 Å². The molecular weight excluding hydrogens is 214 g/mol. The summed E-state index contributed by atoms with van der Waals surface area (Å²) < 4.78 is 1.80. The molecule has 0 aliphatic heterocycles. The fourth-order valence-electron chi connectivity index (χ4n) is 1.61. The Kier molecular flexibility index (Phi) is 4.46. The SMILES string of the molecule is CN(CCC(=O)C(C)(C)C)Cc1cnn(C)c1. The molecule has 0 spiro atoms. The molecule has 0 N–H and O–H groups in total. The quantitative estimate of drug-likeness (QED) is 0.784. The van der Waals surface area contributed by atoms with Crippen molar-refractivity contribution in [2.75, 3.05) is 13.6 Å². The van der Waals surface area contributed by atoms with Gasteiger partial charge in [0.2, 0.25) is 0 Å². The third-order valence-electron chi connectivity index (χ3n) is 2.77. The van der Waals surface area contributed by atoms with Crippen molar-refractivity contribution in [3.8, 4) is 0 Å². The van der Waals surface area contributed by atoms with Gasteiger partial charge in [0.1, 0.15) is 5.78 Å². The van der Waals surface area contributed by atoms with Crippen LogP contribution in [-0.4, -0.2) is 34.1 Å². The minimum Gasteiger partial charge on any atom is -0.302 e. The van der Waals surface area contributed by atoms with Crippen LogP contribution in [0.15, 0.2) is 12.4 Å². The molecule has 1 heterocycles. The second-order valence-electron chi connectivity index (χ2n) is 5.68. The molecule has 0 saturated heterocycles. The molecule has 1 aromatic rings. The van der Waals surface area contributed by atoms with Crippen LogP contribution in [0.4, 0.5) is 0 Å². The van der Waals surface area contributed by atoms with Crippen LogP contribution < -0.4 is 0 Å². The lowest BCUT2D eigenvalue weighted by atomic mass is 9.89. The molecule has 4 nitrogen and oxygen atoms in total. The highest BCUT2D eigenvalue weighted by molar-refractivity contribution is 5.83. The van der Waals surface area contributed by atoms with E-state index in [0.717, 1.165) is 13.1 Å². The molecule has 0 aromatic carbocycles. The Balaban J connectivity index is 2.36. The minimum absolute atomic E-state index is 0.227. The van der Waals surface area contributed by atoms with E-state index >= 15 is 0 Å². The Morgan fingerprint density at radius 2 is 2.12 bits per heavy atom. The number of Topliss-reactive ketones (excluding diaryl/α,β-unsaturated/α-hetero) is 1. The van der Waals surface area contributed by atoms with E-state index in [2.05, 4.69) is 10.00 Å². The third kappa shape index (κ3) is 4.69. The van der Waals surface area contributed by atoms with Crippen molar-refractivity contribution >= 4 is 5.78 Å². The highest BCUT2D eigenvalue weighted by atomic mass is 16.1. The molecule has 0 aliphatic rings. The predicted molar refractivity (Wildman–Crippen MR) is 68.6 cm³/mol. The number of carbonyl (C=O) groups is 1. The molecule has 96 valence electrons. The van der Waals surface area contributed by atoms with Gasteiger partial charge in [-0.15, -0.1) is 0 Å². The number of hydrogen-bond donors (Lipinski definition) is 0. The first-order chi connectivity index (χ1) is 7.79. The molecule has 0 unspecified atom stereocenters. The zero-order valence-corrected chi connectivity index (χ0v) is 11.5. The van der Waals surface area contributed by atoms with Crippen LogP contribution >= 0.6 is 0 Å². The van der Waals surface area contributed by atoms with E-state index in [4.69, 9.17) is 0 Å². The lowest BCUT2D eigenvalue weighted by molar-refractivity contribution is -0.126. The molecule has 1 rings (SSSR count). The van der Waals surface area contributed by atoms with Gasteiger partial charge in [-0.25, -0.2) is 0 Å². The Hall–Kier alpha value is -1.16. The summed E-state index contributed by atoms with van der Waals surface area (Å²) in [7, 11) is 3.94. The zero-order valence-electron chi connectivity index (χ0n) is 11.5. The molecule has 17 heavy (non-hydrogen) atoms. The average molecular weight is 237 g/mol. The van der Waals surface area contributed by atoms with Crippen molar-refractivity contribution in [1.82, 2.24) is 14.7 Å². The number of aryl methyl sites for hydroxylation is 1. The minimum atomic E-state index is -0.227. The standard InChI is InChI=1S/C13H23N3O/c1-13(2,3)12(17)6-7-15(4)9-11-8-14-16(5)10-11/h8,10H,6-7,9H2,1-5H3. The maximum Gasteiger partial charge on any atom is 0.139 e. The Morgan fingerprint density at radius 1 is 1.47 bits per heavy atom. The maximum atomic E-state index is 11.8. The first-order valence-electron chi connectivity index (χ1n) is 5.98. The van der Waals surface area contributed by atoms with Gasteiger partial charge in [-0.05, 0) is 7.05 Å². The van der Waals surface area contributed by atoms with Gasteiger partial charge in [0.15, 0.2) is 0 Å². The van der Waals surface area contributed by atoms with E-state index in [1.54, 1.807) is 4.68 Å². The summed E-state index contributed by atoms with van der Waals surface area (Å²) in [4.78, 5) is 13.9. The molecule has 0 aliphatic carbocycles. The molecule has 0 fully saturated rings. The molecular formula is C13H23N3O. The van der Waals surface area contributed by atoms with E-state index in [0.29, 0.717) is 12.2 Å².